The minimum Gasteiger partial charge on any atom is -0.508 e. The molecule has 3 nitrogen and oxygen atoms in total. The summed E-state index contributed by atoms with van der Waals surface area (Å²) in [6, 6.07) is 3.95. The molecule has 1 N–H and O–H groups in total. The summed E-state index contributed by atoms with van der Waals surface area (Å²) in [4.78, 5) is 12.1. The maximum absolute atomic E-state index is 12.1. The van der Waals surface area contributed by atoms with Gasteiger partial charge in [0, 0.05) is 11.5 Å². The Balaban J connectivity index is 1.94. The van der Waals surface area contributed by atoms with E-state index in [9.17, 15) is 9.90 Å². The lowest BCUT2D eigenvalue weighted by Gasteiger charge is -2.18. The van der Waals surface area contributed by atoms with Crippen LogP contribution in [0.3, 0.4) is 0 Å². The maximum Gasteiger partial charge on any atom is 0.136 e. The highest BCUT2D eigenvalue weighted by Gasteiger charge is 2.53. The summed E-state index contributed by atoms with van der Waals surface area (Å²) in [5.74, 6) is 1.41. The average molecular weight is 328 g/mol. The second-order valence-electron chi connectivity index (χ2n) is 7.50. The maximum atomic E-state index is 12.1. The highest BCUT2D eigenvalue weighted by atomic mass is 16.5. The molecule has 1 saturated carbocycles. The Morgan fingerprint density at radius 1 is 1.29 bits per heavy atom. The molecule has 130 valence electrons. The Bertz CT molecular complexity index is 661. The molecule has 24 heavy (non-hydrogen) atoms. The number of aromatic hydroxyl groups is 1. The molecule has 0 amide bonds. The fourth-order valence-electron chi connectivity index (χ4n) is 4.43. The van der Waals surface area contributed by atoms with Gasteiger partial charge in [-0.3, -0.25) is 4.79 Å². The average Bonchev–Trinajstić information content (AvgIpc) is 3.03. The number of carbonyl (C=O) groups excluding carboxylic acids is 1. The molecule has 0 radical (unpaired) electrons. The normalized spacial score (nSPS) is 27.5. The zero-order chi connectivity index (χ0) is 17.4. The van der Waals surface area contributed by atoms with E-state index in [1.165, 1.54) is 12.8 Å². The largest absolute Gasteiger partial charge is 0.508 e. The molecule has 0 saturated heterocycles. The third-order valence-corrected chi connectivity index (χ3v) is 5.69. The van der Waals surface area contributed by atoms with Gasteiger partial charge in [0.05, 0.1) is 5.92 Å². The van der Waals surface area contributed by atoms with E-state index in [-0.39, 0.29) is 29.6 Å². The fraction of sp³-hybridized carbons (Fsp3) is 0.571. The summed E-state index contributed by atoms with van der Waals surface area (Å²) in [6.45, 7) is 9.95. The molecule has 1 aliphatic carbocycles. The number of phenols is 1. The van der Waals surface area contributed by atoms with Gasteiger partial charge < -0.3 is 9.84 Å². The summed E-state index contributed by atoms with van der Waals surface area (Å²) >= 11 is 0. The van der Waals surface area contributed by atoms with Crippen LogP contribution in [0, 0.1) is 11.8 Å². The van der Waals surface area contributed by atoms with Crippen molar-refractivity contribution in [3.63, 3.8) is 0 Å². The number of ether oxygens (including phenoxy) is 1. The van der Waals surface area contributed by atoms with E-state index < -0.39 is 0 Å². The smallest absolute Gasteiger partial charge is 0.136 e. The zero-order valence-electron chi connectivity index (χ0n) is 15.0. The fourth-order valence-corrected chi connectivity index (χ4v) is 4.43. The number of unbranched alkanes of at least 4 members (excludes halogenated alkanes) is 2. The predicted octanol–water partition coefficient (Wildman–Crippen LogP) is 4.77. The molecule has 1 heterocycles. The van der Waals surface area contributed by atoms with E-state index in [4.69, 9.17) is 4.74 Å². The monoisotopic (exact) mass is 328 g/mol. The highest BCUT2D eigenvalue weighted by Crippen LogP contribution is 2.57. The molecule has 1 aliphatic heterocycles. The molecule has 0 spiro atoms. The summed E-state index contributed by atoms with van der Waals surface area (Å²) < 4.78 is 6.19. The van der Waals surface area contributed by atoms with Gasteiger partial charge in [-0.15, -0.1) is 0 Å². The zero-order valence-corrected chi connectivity index (χ0v) is 15.0. The summed E-state index contributed by atoms with van der Waals surface area (Å²) in [6.07, 6.45) is 5.05. The van der Waals surface area contributed by atoms with Crippen LogP contribution >= 0.6 is 0 Å². The van der Waals surface area contributed by atoms with E-state index in [0.717, 1.165) is 41.7 Å². The Morgan fingerprint density at radius 2 is 2.04 bits per heavy atom. The van der Waals surface area contributed by atoms with Gasteiger partial charge in [-0.05, 0) is 56.7 Å². The van der Waals surface area contributed by atoms with Gasteiger partial charge in [-0.2, -0.15) is 0 Å². The van der Waals surface area contributed by atoms with E-state index in [1.54, 1.807) is 6.92 Å². The van der Waals surface area contributed by atoms with Gasteiger partial charge in [-0.25, -0.2) is 0 Å². The number of Topliss-reactive ketones (excluding diaryl/α,β-unsaturated/α-hetero) is 1. The molecule has 0 unspecified atom stereocenters. The van der Waals surface area contributed by atoms with Crippen molar-refractivity contribution in [3.8, 4) is 11.5 Å². The van der Waals surface area contributed by atoms with Gasteiger partial charge in [0.25, 0.3) is 0 Å². The molecular weight excluding hydrogens is 300 g/mol. The SMILES string of the molecule is C=C(C)[C@@H]1C[C@@H](C(C)=O)[C@@H]2Oc3cc(CCCCC)cc(O)c3[C@H]21. The van der Waals surface area contributed by atoms with Crippen LogP contribution in [0.25, 0.3) is 0 Å². The lowest BCUT2D eigenvalue weighted by Crippen LogP contribution is -2.27. The molecule has 1 fully saturated rings. The van der Waals surface area contributed by atoms with Crippen molar-refractivity contribution in [2.24, 2.45) is 11.8 Å². The molecule has 0 aromatic heterocycles. The van der Waals surface area contributed by atoms with Crippen molar-refractivity contribution in [2.75, 3.05) is 0 Å². The lowest BCUT2D eigenvalue weighted by molar-refractivity contribution is -0.122. The number of aryl methyl sites for hydroxylation is 1. The third kappa shape index (κ3) is 2.85. The number of hydrogen-bond acceptors (Lipinski definition) is 3. The second kappa shape index (κ2) is 6.62. The van der Waals surface area contributed by atoms with Crippen molar-refractivity contribution < 1.29 is 14.6 Å². The number of allylic oxidation sites excluding steroid dienone is 1. The summed E-state index contributed by atoms with van der Waals surface area (Å²) in [5.41, 5.74) is 3.07. The van der Waals surface area contributed by atoms with Crippen molar-refractivity contribution in [1.29, 1.82) is 0 Å². The number of carbonyl (C=O) groups is 1. The summed E-state index contributed by atoms with van der Waals surface area (Å²) in [5, 5.41) is 10.6. The van der Waals surface area contributed by atoms with Crippen LogP contribution in [-0.4, -0.2) is 17.0 Å². The van der Waals surface area contributed by atoms with E-state index in [2.05, 4.69) is 19.6 Å². The third-order valence-electron chi connectivity index (χ3n) is 5.69. The van der Waals surface area contributed by atoms with Gasteiger partial charge >= 0.3 is 0 Å². The minimum absolute atomic E-state index is 0.0519. The van der Waals surface area contributed by atoms with Crippen LogP contribution in [0.1, 0.15) is 63.5 Å². The minimum atomic E-state index is -0.156. The number of ketones is 1. The first-order valence-electron chi connectivity index (χ1n) is 9.12. The highest BCUT2D eigenvalue weighted by molar-refractivity contribution is 5.80. The Morgan fingerprint density at radius 3 is 2.67 bits per heavy atom. The number of fused-ring (bicyclic) bond motifs is 3. The molecule has 0 bridgehead atoms. The van der Waals surface area contributed by atoms with Crippen LogP contribution < -0.4 is 4.74 Å². The van der Waals surface area contributed by atoms with E-state index >= 15 is 0 Å². The number of rotatable bonds is 6. The molecular formula is C21H28O3. The second-order valence-corrected chi connectivity index (χ2v) is 7.50. The predicted molar refractivity (Wildman–Crippen MR) is 95.6 cm³/mol. The Hall–Kier alpha value is -1.77. The van der Waals surface area contributed by atoms with Gasteiger partial charge in [-0.1, -0.05) is 31.9 Å². The van der Waals surface area contributed by atoms with Gasteiger partial charge in [0.15, 0.2) is 0 Å². The Labute approximate surface area is 144 Å². The van der Waals surface area contributed by atoms with Crippen LogP contribution in [0.5, 0.6) is 11.5 Å². The topological polar surface area (TPSA) is 46.5 Å². The van der Waals surface area contributed by atoms with Crippen molar-refractivity contribution in [1.82, 2.24) is 0 Å². The van der Waals surface area contributed by atoms with Crippen molar-refractivity contribution in [3.05, 3.63) is 35.4 Å². The van der Waals surface area contributed by atoms with Crippen LogP contribution in [0.15, 0.2) is 24.3 Å². The van der Waals surface area contributed by atoms with Crippen LogP contribution in [0.2, 0.25) is 0 Å². The Kier molecular flexibility index (Phi) is 4.71. The van der Waals surface area contributed by atoms with E-state index in [0.29, 0.717) is 5.75 Å². The van der Waals surface area contributed by atoms with Crippen LogP contribution in [-0.2, 0) is 11.2 Å². The molecule has 2 aliphatic rings. The number of phenolic OH excluding ortho intramolecular Hbond substituents is 1. The first kappa shape index (κ1) is 17.1. The van der Waals surface area contributed by atoms with Gasteiger partial charge in [0.1, 0.15) is 23.4 Å². The van der Waals surface area contributed by atoms with Crippen LogP contribution in [0.4, 0.5) is 0 Å². The molecule has 4 atom stereocenters. The molecule has 3 rings (SSSR count). The quantitative estimate of drug-likeness (QED) is 0.604. The standard InChI is InChI=1S/C21H28O3/c1-5-6-7-8-14-9-17(23)20-18(10-14)24-21-16(13(4)22)11-15(12(2)3)19(20)21/h9-10,15-16,19,21,23H,2,5-8,11H2,1,3-4H3/t15-,16-,19+,21-/m0/s1. The first-order valence-corrected chi connectivity index (χ1v) is 9.12. The lowest BCUT2D eigenvalue weighted by atomic mass is 9.84. The number of benzene rings is 1. The van der Waals surface area contributed by atoms with Crippen molar-refractivity contribution in [2.45, 2.75) is 64.9 Å². The van der Waals surface area contributed by atoms with Gasteiger partial charge in [0.2, 0.25) is 0 Å². The molecule has 1 aromatic rings. The number of hydrogen-bond donors (Lipinski definition) is 1. The molecule has 1 aromatic carbocycles. The van der Waals surface area contributed by atoms with E-state index in [1.807, 2.05) is 13.0 Å². The van der Waals surface area contributed by atoms with Crippen molar-refractivity contribution >= 4 is 5.78 Å². The first-order chi connectivity index (χ1) is 11.4. The summed E-state index contributed by atoms with van der Waals surface area (Å²) in [7, 11) is 0. The molecule has 3 heteroatoms.